The van der Waals surface area contributed by atoms with Gasteiger partial charge < -0.3 is 18.1 Å². The molecule has 0 aliphatic carbocycles. The van der Waals surface area contributed by atoms with Crippen LogP contribution in [0.25, 0.3) is 178 Å². The molecule has 94 heavy (non-hydrogen) atoms. The second kappa shape index (κ2) is 21.5. The summed E-state index contributed by atoms with van der Waals surface area (Å²) in [6, 6.07) is 91.0. The lowest BCUT2D eigenvalue weighted by Gasteiger charge is -2.14. The van der Waals surface area contributed by atoms with Crippen molar-refractivity contribution in [2.75, 3.05) is 0 Å². The number of hydrogen-bond acceptors (Lipinski definition) is 7. The fraction of sp³-hybridized carbons (Fsp3) is 0.0238. The van der Waals surface area contributed by atoms with Crippen LogP contribution in [0, 0.1) is 0 Å². The van der Waals surface area contributed by atoms with Crippen molar-refractivity contribution in [1.29, 1.82) is 0 Å². The minimum Gasteiger partial charge on any atom is -0.455 e. The normalized spacial score (nSPS) is 12.6. The second-order valence-corrected chi connectivity index (χ2v) is 24.2. The number of rotatable bonds is 10. The van der Waals surface area contributed by atoms with Crippen molar-refractivity contribution in [2.24, 2.45) is 4.99 Å². The molecule has 0 saturated heterocycles. The number of aliphatic imine (C=N–C) groups is 1. The van der Waals surface area contributed by atoms with Gasteiger partial charge in [0.05, 0.1) is 67.3 Å². The first-order valence-electron chi connectivity index (χ1n) is 31.8. The van der Waals surface area contributed by atoms with E-state index < -0.39 is 0 Å². The molecule has 0 fully saturated rings. The first-order chi connectivity index (χ1) is 46.6. The zero-order valence-corrected chi connectivity index (χ0v) is 50.6. The van der Waals surface area contributed by atoms with Gasteiger partial charge in [0.15, 0.2) is 0 Å². The molecule has 9 aromatic heterocycles. The summed E-state index contributed by atoms with van der Waals surface area (Å²) in [5.41, 5.74) is 24.9. The summed E-state index contributed by atoms with van der Waals surface area (Å²) in [5, 5.41) is 8.71. The molecule has 18 aromatic rings. The summed E-state index contributed by atoms with van der Waals surface area (Å²) in [6.45, 7) is 0. The monoisotopic (exact) mass is 1200 g/mol. The maximum Gasteiger partial charge on any atom is 0.143 e. The van der Waals surface area contributed by atoms with Crippen molar-refractivity contribution in [3.05, 3.63) is 297 Å². The molecule has 10 nitrogen and oxygen atoms in total. The molecular weight excluding hydrogens is 1150 g/mol. The topological polar surface area (TPSA) is 105 Å². The van der Waals surface area contributed by atoms with E-state index in [1.165, 1.54) is 0 Å². The quantitative estimate of drug-likeness (QED) is 0.135. The highest BCUT2D eigenvalue weighted by Crippen LogP contribution is 2.46. The van der Waals surface area contributed by atoms with E-state index in [2.05, 4.69) is 214 Å². The fourth-order valence-electron chi connectivity index (χ4n) is 14.4. The SMILES string of the molecule is C1=NC(c2ccc3c(c2)c2cc(-c4ccccn4)ccc2n3-c2cccc(-c3cc(-n4c5ccc(-c6ccccn6)cc5c5cc(-c6ccccn6)ccc54)cc4c3oc3ccc(-n5c6ccc(-c7ccccn7)cc6c6cc(-c7ccccn7)ccc65)cc34)c2)=CCC1. The van der Waals surface area contributed by atoms with Gasteiger partial charge in [-0.25, -0.2) is 0 Å². The van der Waals surface area contributed by atoms with E-state index in [-0.39, 0.29) is 0 Å². The molecule has 0 bridgehead atoms. The molecule has 0 radical (unpaired) electrons. The van der Waals surface area contributed by atoms with Gasteiger partial charge in [-0.3, -0.25) is 29.9 Å². The van der Waals surface area contributed by atoms with Crippen LogP contribution in [-0.2, 0) is 0 Å². The Morgan fingerprint density at radius 2 is 0.670 bits per heavy atom. The average molecular weight is 1200 g/mol. The van der Waals surface area contributed by atoms with Crippen LogP contribution in [0.2, 0.25) is 0 Å². The molecule has 0 amide bonds. The molecule has 0 unspecified atom stereocenters. The van der Waals surface area contributed by atoms with E-state index in [9.17, 15) is 0 Å². The second-order valence-electron chi connectivity index (χ2n) is 24.2. The van der Waals surface area contributed by atoms with E-state index in [1.807, 2.05) is 97.9 Å². The molecule has 1 aliphatic heterocycles. The number of hydrogen-bond donors (Lipinski definition) is 0. The van der Waals surface area contributed by atoms with Crippen LogP contribution in [0.1, 0.15) is 18.4 Å². The number of aromatic nitrogens is 8. The van der Waals surface area contributed by atoms with Crippen molar-refractivity contribution in [3.63, 3.8) is 0 Å². The molecule has 0 spiro atoms. The smallest absolute Gasteiger partial charge is 0.143 e. The van der Waals surface area contributed by atoms with Crippen LogP contribution in [0.3, 0.4) is 0 Å². The number of nitrogens with zero attached hydrogens (tertiary/aromatic N) is 9. The Morgan fingerprint density at radius 1 is 0.277 bits per heavy atom. The van der Waals surface area contributed by atoms with Crippen LogP contribution in [-0.4, -0.2) is 44.8 Å². The standard InChI is InChI=1S/C84H53N9O/c1-7-36-85-71(16-1)53-22-29-77-63(43-53)64-44-54(72-17-2-8-37-86-72)23-30-78(64)91(77)59-15-13-14-52(42-59)62-50-61(93-81-33-26-57(75-20-5-11-40-89-75)47-67(81)68-48-58(27-34-82(68)93)76-21-6-12-41-90-76)51-70-69-49-60(28-35-83(69)94-84(62)70)92-79-31-24-55(73-18-3-9-38-87-73)45-65(79)66-46-56(25-32-80(66)92)74-19-4-10-39-88-74/h1,3-7,9-51H,2,8H2. The number of benzene rings is 9. The van der Waals surface area contributed by atoms with E-state index >= 15 is 0 Å². The maximum absolute atomic E-state index is 7.31. The summed E-state index contributed by atoms with van der Waals surface area (Å²) in [5.74, 6) is 0. The van der Waals surface area contributed by atoms with Crippen molar-refractivity contribution < 1.29 is 4.42 Å². The van der Waals surface area contributed by atoms with Crippen molar-refractivity contribution in [1.82, 2.24) is 38.6 Å². The Morgan fingerprint density at radius 3 is 1.07 bits per heavy atom. The van der Waals surface area contributed by atoms with Crippen molar-refractivity contribution in [2.45, 2.75) is 12.8 Å². The van der Waals surface area contributed by atoms with Gasteiger partial charge in [0.2, 0.25) is 0 Å². The fourth-order valence-corrected chi connectivity index (χ4v) is 14.4. The van der Waals surface area contributed by atoms with Gasteiger partial charge in [0, 0.05) is 136 Å². The summed E-state index contributed by atoms with van der Waals surface area (Å²) in [4.78, 5) is 28.8. The maximum atomic E-state index is 7.31. The van der Waals surface area contributed by atoms with Crippen LogP contribution in [0.5, 0.6) is 0 Å². The molecule has 10 heterocycles. The first-order valence-corrected chi connectivity index (χ1v) is 31.8. The zero-order chi connectivity index (χ0) is 61.8. The van der Waals surface area contributed by atoms with Crippen LogP contribution in [0.15, 0.2) is 301 Å². The minimum absolute atomic E-state index is 0.783. The minimum atomic E-state index is 0.783. The molecule has 440 valence electrons. The van der Waals surface area contributed by atoms with Crippen LogP contribution in [0.4, 0.5) is 0 Å². The van der Waals surface area contributed by atoms with Gasteiger partial charge in [-0.2, -0.15) is 0 Å². The Kier molecular flexibility index (Phi) is 12.2. The van der Waals surface area contributed by atoms with Gasteiger partial charge in [0.25, 0.3) is 0 Å². The Balaban J connectivity index is 0.855. The van der Waals surface area contributed by atoms with Gasteiger partial charge in [-0.1, -0.05) is 84.9 Å². The lowest BCUT2D eigenvalue weighted by atomic mass is 10.00. The van der Waals surface area contributed by atoms with Gasteiger partial charge in [-0.05, 0) is 194 Å². The Hall–Kier alpha value is -12.7. The van der Waals surface area contributed by atoms with E-state index in [4.69, 9.17) is 34.3 Å². The summed E-state index contributed by atoms with van der Waals surface area (Å²) < 4.78 is 14.5. The Bertz CT molecular complexity index is 5950. The molecule has 19 rings (SSSR count). The summed E-state index contributed by atoms with van der Waals surface area (Å²) in [6.07, 6.45) is 15.5. The third-order valence-electron chi connectivity index (χ3n) is 18.7. The number of furan rings is 1. The molecular formula is C84H53N9O. The largest absolute Gasteiger partial charge is 0.455 e. The van der Waals surface area contributed by atoms with Gasteiger partial charge in [-0.15, -0.1) is 0 Å². The first kappa shape index (κ1) is 53.2. The predicted octanol–water partition coefficient (Wildman–Crippen LogP) is 21.1. The van der Waals surface area contributed by atoms with Crippen LogP contribution >= 0.6 is 0 Å². The van der Waals surface area contributed by atoms with E-state index in [1.54, 1.807) is 0 Å². The van der Waals surface area contributed by atoms with E-state index in [0.717, 1.165) is 196 Å². The molecule has 0 N–H and O–H groups in total. The highest BCUT2D eigenvalue weighted by molar-refractivity contribution is 6.17. The average Bonchev–Trinajstić information content (AvgIpc) is 1.61. The van der Waals surface area contributed by atoms with Crippen LogP contribution < -0.4 is 0 Å². The Labute approximate surface area is 539 Å². The van der Waals surface area contributed by atoms with Crippen molar-refractivity contribution in [3.8, 4) is 84.5 Å². The summed E-state index contributed by atoms with van der Waals surface area (Å²) in [7, 11) is 0. The molecule has 0 saturated carbocycles. The molecule has 10 heteroatoms. The molecule has 0 atom stereocenters. The van der Waals surface area contributed by atoms with E-state index in [0.29, 0.717) is 0 Å². The molecule has 9 aromatic carbocycles. The van der Waals surface area contributed by atoms with Crippen molar-refractivity contribution >= 4 is 99.3 Å². The third-order valence-corrected chi connectivity index (χ3v) is 18.7. The summed E-state index contributed by atoms with van der Waals surface area (Å²) >= 11 is 0. The lowest BCUT2D eigenvalue weighted by molar-refractivity contribution is 0.670. The zero-order valence-electron chi connectivity index (χ0n) is 50.6. The predicted molar refractivity (Wildman–Crippen MR) is 384 cm³/mol. The third kappa shape index (κ3) is 8.72. The highest BCUT2D eigenvalue weighted by Gasteiger charge is 2.24. The van der Waals surface area contributed by atoms with Gasteiger partial charge in [0.1, 0.15) is 11.2 Å². The number of allylic oxidation sites excluding steroid dienone is 1. The molecule has 1 aliphatic rings. The van der Waals surface area contributed by atoms with Gasteiger partial charge >= 0.3 is 0 Å². The lowest BCUT2D eigenvalue weighted by Crippen LogP contribution is -1.97. The number of fused-ring (bicyclic) bond motifs is 12. The highest BCUT2D eigenvalue weighted by atomic mass is 16.3. The number of pyridine rings is 5.